The van der Waals surface area contributed by atoms with Crippen LogP contribution in [-0.2, 0) is 16.1 Å². The molecule has 132 valence electrons. The molecule has 0 spiro atoms. The largest absolute Gasteiger partial charge is 0.479 e. The molecular formula is C18H20N2O5. The van der Waals surface area contributed by atoms with Gasteiger partial charge in [0.2, 0.25) is 5.88 Å². The van der Waals surface area contributed by atoms with Crippen LogP contribution in [0.25, 0.3) is 0 Å². The molecule has 0 radical (unpaired) electrons. The van der Waals surface area contributed by atoms with Gasteiger partial charge in [0, 0.05) is 19.4 Å². The number of rotatable bonds is 8. The Hall–Kier alpha value is -2.93. The number of methoxy groups -OCH3 is 1. The molecule has 1 atom stereocenters. The third kappa shape index (κ3) is 5.02. The van der Waals surface area contributed by atoms with Crippen molar-refractivity contribution in [1.29, 1.82) is 0 Å². The fraction of sp³-hybridized carbons (Fsp3) is 0.278. The van der Waals surface area contributed by atoms with E-state index in [9.17, 15) is 14.7 Å². The number of benzene rings is 1. The zero-order chi connectivity index (χ0) is 18.3. The molecule has 0 aliphatic carbocycles. The van der Waals surface area contributed by atoms with Gasteiger partial charge in [0.15, 0.2) is 5.54 Å². The lowest BCUT2D eigenvalue weighted by atomic mass is 10.0. The van der Waals surface area contributed by atoms with Gasteiger partial charge in [-0.3, -0.25) is 4.79 Å². The monoisotopic (exact) mass is 344 g/mol. The molecule has 0 aliphatic rings. The second-order valence-corrected chi connectivity index (χ2v) is 5.68. The first-order valence-corrected chi connectivity index (χ1v) is 7.62. The van der Waals surface area contributed by atoms with Crippen LogP contribution in [-0.4, -0.2) is 41.2 Å². The lowest BCUT2D eigenvalue weighted by Crippen LogP contribution is -2.55. The number of hydrogen-bond acceptors (Lipinski definition) is 5. The smallest absolute Gasteiger partial charge is 0.331 e. The van der Waals surface area contributed by atoms with Gasteiger partial charge in [-0.05, 0) is 18.6 Å². The number of pyridine rings is 1. The summed E-state index contributed by atoms with van der Waals surface area (Å²) in [7, 11) is 1.37. The van der Waals surface area contributed by atoms with Crippen molar-refractivity contribution in [2.24, 2.45) is 0 Å². The van der Waals surface area contributed by atoms with E-state index in [0.29, 0.717) is 12.5 Å². The summed E-state index contributed by atoms with van der Waals surface area (Å²) in [5.74, 6) is -1.36. The van der Waals surface area contributed by atoms with Crippen LogP contribution < -0.4 is 10.1 Å². The zero-order valence-electron chi connectivity index (χ0n) is 14.1. The molecule has 0 aliphatic heterocycles. The van der Waals surface area contributed by atoms with Gasteiger partial charge in [0.05, 0.1) is 12.2 Å². The Labute approximate surface area is 145 Å². The molecule has 25 heavy (non-hydrogen) atoms. The average Bonchev–Trinajstić information content (AvgIpc) is 2.61. The first-order valence-electron chi connectivity index (χ1n) is 7.62. The van der Waals surface area contributed by atoms with E-state index in [-0.39, 0.29) is 12.2 Å². The number of carbonyl (C=O) groups excluding carboxylic acids is 1. The zero-order valence-corrected chi connectivity index (χ0v) is 14.1. The van der Waals surface area contributed by atoms with Gasteiger partial charge in [-0.15, -0.1) is 0 Å². The maximum absolute atomic E-state index is 12.2. The molecule has 0 saturated carbocycles. The minimum absolute atomic E-state index is 0.153. The number of aliphatic carboxylic acids is 1. The molecule has 0 fully saturated rings. The molecule has 1 heterocycles. The number of aromatic nitrogens is 1. The van der Waals surface area contributed by atoms with E-state index in [2.05, 4.69) is 10.3 Å². The number of amides is 1. The van der Waals surface area contributed by atoms with Crippen LogP contribution in [0.15, 0.2) is 48.7 Å². The van der Waals surface area contributed by atoms with E-state index in [0.717, 1.165) is 5.56 Å². The Bertz CT molecular complexity index is 718. The Morgan fingerprint density at radius 2 is 1.92 bits per heavy atom. The van der Waals surface area contributed by atoms with Crippen molar-refractivity contribution in [2.45, 2.75) is 19.1 Å². The van der Waals surface area contributed by atoms with Crippen LogP contribution in [0.4, 0.5) is 0 Å². The summed E-state index contributed by atoms with van der Waals surface area (Å²) in [5.41, 5.74) is -0.285. The Morgan fingerprint density at radius 1 is 1.20 bits per heavy atom. The van der Waals surface area contributed by atoms with Crippen molar-refractivity contribution in [3.05, 3.63) is 59.8 Å². The highest BCUT2D eigenvalue weighted by atomic mass is 16.5. The quantitative estimate of drug-likeness (QED) is 0.759. The van der Waals surface area contributed by atoms with Crippen LogP contribution in [0, 0.1) is 0 Å². The molecule has 0 saturated heterocycles. The predicted molar refractivity (Wildman–Crippen MR) is 90.4 cm³/mol. The second kappa shape index (κ2) is 8.25. The molecular weight excluding hydrogens is 324 g/mol. The highest BCUT2D eigenvalue weighted by Gasteiger charge is 2.35. The van der Waals surface area contributed by atoms with Crippen LogP contribution in [0.2, 0.25) is 0 Å². The molecule has 1 aromatic carbocycles. The summed E-state index contributed by atoms with van der Waals surface area (Å²) in [4.78, 5) is 27.6. The Balaban J connectivity index is 1.99. The van der Waals surface area contributed by atoms with E-state index in [1.54, 1.807) is 6.07 Å². The third-order valence-electron chi connectivity index (χ3n) is 3.52. The first-order chi connectivity index (χ1) is 11.9. The third-order valence-corrected chi connectivity index (χ3v) is 3.52. The van der Waals surface area contributed by atoms with Crippen LogP contribution >= 0.6 is 0 Å². The molecule has 1 amide bonds. The van der Waals surface area contributed by atoms with Gasteiger partial charge >= 0.3 is 5.97 Å². The van der Waals surface area contributed by atoms with Crippen LogP contribution in [0.1, 0.15) is 22.8 Å². The van der Waals surface area contributed by atoms with Gasteiger partial charge in [-0.1, -0.05) is 30.3 Å². The molecule has 1 aromatic heterocycles. The van der Waals surface area contributed by atoms with E-state index in [1.165, 1.54) is 26.3 Å². The van der Waals surface area contributed by atoms with E-state index in [1.807, 2.05) is 30.3 Å². The maximum Gasteiger partial charge on any atom is 0.331 e. The molecule has 0 bridgehead atoms. The van der Waals surface area contributed by atoms with Gasteiger partial charge in [0.1, 0.15) is 6.61 Å². The van der Waals surface area contributed by atoms with Crippen molar-refractivity contribution in [2.75, 3.05) is 13.7 Å². The first kappa shape index (κ1) is 18.4. The fourth-order valence-corrected chi connectivity index (χ4v) is 2.09. The van der Waals surface area contributed by atoms with Gasteiger partial charge in [-0.2, -0.15) is 0 Å². The standard InChI is InChI=1S/C18H20N2O5/c1-18(12-24-2,17(22)23)20-16(21)14-8-9-15(19-10-14)25-11-13-6-4-3-5-7-13/h3-10H,11-12H2,1-2H3,(H,20,21)(H,22,23). The van der Waals surface area contributed by atoms with E-state index < -0.39 is 17.4 Å². The number of ether oxygens (including phenoxy) is 2. The minimum Gasteiger partial charge on any atom is -0.479 e. The molecule has 2 rings (SSSR count). The van der Waals surface area contributed by atoms with Crippen molar-refractivity contribution in [3.8, 4) is 5.88 Å². The minimum atomic E-state index is -1.52. The molecule has 2 aromatic rings. The van der Waals surface area contributed by atoms with E-state index in [4.69, 9.17) is 9.47 Å². The molecule has 7 nitrogen and oxygen atoms in total. The molecule has 7 heteroatoms. The average molecular weight is 344 g/mol. The normalized spacial score (nSPS) is 12.9. The van der Waals surface area contributed by atoms with Crippen molar-refractivity contribution in [1.82, 2.24) is 10.3 Å². The summed E-state index contributed by atoms with van der Waals surface area (Å²) in [6.45, 7) is 1.59. The molecule has 2 N–H and O–H groups in total. The number of carbonyl (C=O) groups is 2. The Kier molecular flexibility index (Phi) is 6.08. The predicted octanol–water partition coefficient (Wildman–Crippen LogP) is 1.88. The van der Waals surface area contributed by atoms with Crippen LogP contribution in [0.3, 0.4) is 0 Å². The lowest BCUT2D eigenvalue weighted by molar-refractivity contribution is -0.145. The summed E-state index contributed by atoms with van der Waals surface area (Å²) in [6.07, 6.45) is 1.34. The highest BCUT2D eigenvalue weighted by Crippen LogP contribution is 2.12. The number of nitrogens with zero attached hydrogens (tertiary/aromatic N) is 1. The summed E-state index contributed by atoms with van der Waals surface area (Å²) in [5, 5.41) is 11.7. The van der Waals surface area contributed by atoms with E-state index >= 15 is 0 Å². The second-order valence-electron chi connectivity index (χ2n) is 5.68. The summed E-state index contributed by atoms with van der Waals surface area (Å²) >= 11 is 0. The fourth-order valence-electron chi connectivity index (χ4n) is 2.09. The number of hydrogen-bond donors (Lipinski definition) is 2. The molecule has 1 unspecified atom stereocenters. The van der Waals surface area contributed by atoms with Crippen molar-refractivity contribution in [3.63, 3.8) is 0 Å². The maximum atomic E-state index is 12.2. The number of carboxylic acids is 1. The number of carboxylic acid groups (broad SMARTS) is 1. The topological polar surface area (TPSA) is 97.8 Å². The number of nitrogens with one attached hydrogen (secondary N) is 1. The van der Waals surface area contributed by atoms with Gasteiger partial charge < -0.3 is 19.9 Å². The SMILES string of the molecule is COCC(C)(NC(=O)c1ccc(OCc2ccccc2)nc1)C(=O)O. The Morgan fingerprint density at radius 3 is 2.48 bits per heavy atom. The van der Waals surface area contributed by atoms with Crippen molar-refractivity contribution >= 4 is 11.9 Å². The highest BCUT2D eigenvalue weighted by molar-refractivity contribution is 5.97. The van der Waals surface area contributed by atoms with Crippen molar-refractivity contribution < 1.29 is 24.2 Å². The summed E-state index contributed by atoms with van der Waals surface area (Å²) in [6, 6.07) is 12.7. The summed E-state index contributed by atoms with van der Waals surface area (Å²) < 4.78 is 10.4. The van der Waals surface area contributed by atoms with Gasteiger partial charge in [-0.25, -0.2) is 9.78 Å². The lowest BCUT2D eigenvalue weighted by Gasteiger charge is -2.25. The van der Waals surface area contributed by atoms with Gasteiger partial charge in [0.25, 0.3) is 5.91 Å². The van der Waals surface area contributed by atoms with Crippen LogP contribution in [0.5, 0.6) is 5.88 Å².